The van der Waals surface area contributed by atoms with Crippen LogP contribution < -0.4 is 5.73 Å². The summed E-state index contributed by atoms with van der Waals surface area (Å²) in [5, 5.41) is 1.88. The zero-order valence-electron chi connectivity index (χ0n) is 8.89. The summed E-state index contributed by atoms with van der Waals surface area (Å²) in [5.74, 6) is 0.00343. The Bertz CT molecular complexity index is 557. The van der Waals surface area contributed by atoms with Gasteiger partial charge in [-0.15, -0.1) is 11.3 Å². The summed E-state index contributed by atoms with van der Waals surface area (Å²) in [4.78, 5) is 12.6. The van der Waals surface area contributed by atoms with E-state index in [2.05, 4.69) is 15.9 Å². The summed E-state index contributed by atoms with van der Waals surface area (Å²) in [5.41, 5.74) is 7.26. The van der Waals surface area contributed by atoms with Gasteiger partial charge in [-0.3, -0.25) is 4.79 Å². The van der Waals surface area contributed by atoms with Crippen molar-refractivity contribution < 1.29 is 4.79 Å². The Kier molecular flexibility index (Phi) is 3.76. The maximum absolute atomic E-state index is 11.8. The lowest BCUT2D eigenvalue weighted by molar-refractivity contribution is 0.105. The minimum Gasteiger partial charge on any atom is -0.399 e. The van der Waals surface area contributed by atoms with Crippen molar-refractivity contribution in [2.75, 3.05) is 5.73 Å². The van der Waals surface area contributed by atoms with Crippen molar-refractivity contribution in [2.24, 2.45) is 0 Å². The van der Waals surface area contributed by atoms with E-state index in [0.717, 1.165) is 20.6 Å². The predicted octanol–water partition coefficient (Wildman–Crippen LogP) is 3.99. The van der Waals surface area contributed by atoms with Gasteiger partial charge in [0.15, 0.2) is 5.78 Å². The minimum absolute atomic E-state index is 0.00343. The Morgan fingerprint density at radius 3 is 2.53 bits per heavy atom. The van der Waals surface area contributed by atoms with Gasteiger partial charge in [0.05, 0.1) is 4.88 Å². The number of ketones is 1. The summed E-state index contributed by atoms with van der Waals surface area (Å²) in [6.45, 7) is 0. The molecule has 2 nitrogen and oxygen atoms in total. The van der Waals surface area contributed by atoms with Crippen LogP contribution in [0.1, 0.15) is 15.2 Å². The Labute approximate surface area is 112 Å². The molecular formula is C13H10BrNOS. The molecule has 0 aliphatic carbocycles. The number of carbonyl (C=O) groups excluding carboxylic acids is 1. The van der Waals surface area contributed by atoms with Crippen LogP contribution >= 0.6 is 27.3 Å². The molecule has 0 saturated heterocycles. The molecule has 0 radical (unpaired) electrons. The molecule has 0 amide bonds. The molecule has 0 aliphatic rings. The average molecular weight is 308 g/mol. The van der Waals surface area contributed by atoms with Crippen LogP contribution in [0.15, 0.2) is 46.3 Å². The van der Waals surface area contributed by atoms with Crippen LogP contribution in [0.25, 0.3) is 6.08 Å². The molecule has 1 aromatic heterocycles. The second-order valence-corrected chi connectivity index (χ2v) is 5.23. The Balaban J connectivity index is 2.14. The van der Waals surface area contributed by atoms with E-state index < -0.39 is 0 Å². The molecule has 17 heavy (non-hydrogen) atoms. The molecular weight excluding hydrogens is 298 g/mol. The molecule has 2 rings (SSSR count). The smallest absolute Gasteiger partial charge is 0.196 e. The molecule has 0 saturated carbocycles. The van der Waals surface area contributed by atoms with Gasteiger partial charge in [-0.25, -0.2) is 0 Å². The largest absolute Gasteiger partial charge is 0.399 e. The van der Waals surface area contributed by atoms with E-state index in [4.69, 9.17) is 5.73 Å². The predicted molar refractivity (Wildman–Crippen MR) is 76.2 cm³/mol. The van der Waals surface area contributed by atoms with Gasteiger partial charge in [0.25, 0.3) is 0 Å². The highest BCUT2D eigenvalue weighted by Crippen LogP contribution is 2.23. The number of hydrogen-bond donors (Lipinski definition) is 1. The van der Waals surface area contributed by atoms with Gasteiger partial charge in [-0.2, -0.15) is 0 Å². The number of carbonyl (C=O) groups is 1. The molecule has 0 spiro atoms. The summed E-state index contributed by atoms with van der Waals surface area (Å²) >= 11 is 4.77. The summed E-state index contributed by atoms with van der Waals surface area (Å²) in [6.07, 6.45) is 3.36. The van der Waals surface area contributed by atoms with Gasteiger partial charge < -0.3 is 5.73 Å². The van der Waals surface area contributed by atoms with Gasteiger partial charge >= 0.3 is 0 Å². The maximum atomic E-state index is 11.8. The standard InChI is InChI=1S/C13H10BrNOS/c14-11-7-8-17-13(11)12(16)6-3-9-1-4-10(15)5-2-9/h1-8H,15H2/b6-3+. The quantitative estimate of drug-likeness (QED) is 0.529. The lowest BCUT2D eigenvalue weighted by atomic mass is 10.2. The third-order valence-electron chi connectivity index (χ3n) is 2.20. The third kappa shape index (κ3) is 3.05. The lowest BCUT2D eigenvalue weighted by Crippen LogP contribution is -1.90. The minimum atomic E-state index is 0.00343. The number of benzene rings is 1. The Morgan fingerprint density at radius 2 is 1.94 bits per heavy atom. The van der Waals surface area contributed by atoms with Gasteiger partial charge in [0.2, 0.25) is 0 Å². The number of rotatable bonds is 3. The van der Waals surface area contributed by atoms with E-state index in [1.165, 1.54) is 11.3 Å². The van der Waals surface area contributed by atoms with E-state index in [-0.39, 0.29) is 5.78 Å². The number of allylic oxidation sites excluding steroid dienone is 1. The SMILES string of the molecule is Nc1ccc(/C=C/C(=O)c2sccc2Br)cc1. The molecule has 2 N–H and O–H groups in total. The van der Waals surface area contributed by atoms with Crippen LogP contribution in [0.5, 0.6) is 0 Å². The molecule has 1 aromatic carbocycles. The number of anilines is 1. The van der Waals surface area contributed by atoms with Crippen LogP contribution in [-0.4, -0.2) is 5.78 Å². The van der Waals surface area contributed by atoms with Crippen molar-refractivity contribution in [2.45, 2.75) is 0 Å². The normalized spacial score (nSPS) is 10.9. The number of halogens is 1. The Hall–Kier alpha value is -1.39. The van der Waals surface area contributed by atoms with Gasteiger partial charge in [0.1, 0.15) is 0 Å². The summed E-state index contributed by atoms with van der Waals surface area (Å²) < 4.78 is 0.842. The van der Waals surface area contributed by atoms with Crippen molar-refractivity contribution >= 4 is 44.8 Å². The topological polar surface area (TPSA) is 43.1 Å². The monoisotopic (exact) mass is 307 g/mol. The van der Waals surface area contributed by atoms with E-state index in [9.17, 15) is 4.79 Å². The lowest BCUT2D eigenvalue weighted by Gasteiger charge is -1.95. The first-order valence-corrected chi connectivity index (χ1v) is 6.65. The van der Waals surface area contributed by atoms with Gasteiger partial charge in [-0.05, 0) is 51.1 Å². The molecule has 0 unspecified atom stereocenters. The number of thiophene rings is 1. The molecule has 0 fully saturated rings. The van der Waals surface area contributed by atoms with Crippen LogP contribution in [-0.2, 0) is 0 Å². The van der Waals surface area contributed by atoms with Crippen molar-refractivity contribution in [3.63, 3.8) is 0 Å². The average Bonchev–Trinajstić information content (AvgIpc) is 2.74. The number of nitrogen functional groups attached to an aromatic ring is 1. The van der Waals surface area contributed by atoms with Crippen LogP contribution in [0.3, 0.4) is 0 Å². The fourth-order valence-electron chi connectivity index (χ4n) is 1.32. The van der Waals surface area contributed by atoms with Crippen molar-refractivity contribution in [1.29, 1.82) is 0 Å². The van der Waals surface area contributed by atoms with Crippen LogP contribution in [0.2, 0.25) is 0 Å². The highest BCUT2D eigenvalue weighted by molar-refractivity contribution is 9.10. The summed E-state index contributed by atoms with van der Waals surface area (Å²) in [6, 6.07) is 9.25. The third-order valence-corrected chi connectivity index (χ3v) is 4.06. The molecule has 4 heteroatoms. The van der Waals surface area contributed by atoms with E-state index in [1.54, 1.807) is 12.2 Å². The first-order chi connectivity index (χ1) is 8.16. The first kappa shape index (κ1) is 12.1. The molecule has 1 heterocycles. The highest BCUT2D eigenvalue weighted by Gasteiger charge is 2.07. The number of nitrogens with two attached hydrogens (primary N) is 1. The van der Waals surface area contributed by atoms with Gasteiger partial charge in [-0.1, -0.05) is 18.2 Å². The van der Waals surface area contributed by atoms with Crippen LogP contribution in [0, 0.1) is 0 Å². The highest BCUT2D eigenvalue weighted by atomic mass is 79.9. The summed E-state index contributed by atoms with van der Waals surface area (Å²) in [7, 11) is 0. The van der Waals surface area contributed by atoms with E-state index in [1.807, 2.05) is 35.7 Å². The second-order valence-electron chi connectivity index (χ2n) is 3.46. The first-order valence-electron chi connectivity index (χ1n) is 4.98. The van der Waals surface area contributed by atoms with Crippen LogP contribution in [0.4, 0.5) is 5.69 Å². The maximum Gasteiger partial charge on any atom is 0.196 e. The van der Waals surface area contributed by atoms with E-state index in [0.29, 0.717) is 0 Å². The fourth-order valence-corrected chi connectivity index (χ4v) is 2.81. The van der Waals surface area contributed by atoms with E-state index >= 15 is 0 Å². The molecule has 0 bridgehead atoms. The van der Waals surface area contributed by atoms with Crippen molar-refractivity contribution in [3.8, 4) is 0 Å². The second kappa shape index (κ2) is 5.29. The van der Waals surface area contributed by atoms with Gasteiger partial charge in [0, 0.05) is 10.2 Å². The zero-order valence-corrected chi connectivity index (χ0v) is 11.3. The molecule has 0 aliphatic heterocycles. The molecule has 2 aromatic rings. The van der Waals surface area contributed by atoms with Crippen molar-refractivity contribution in [3.05, 3.63) is 56.7 Å². The van der Waals surface area contributed by atoms with Crippen molar-refractivity contribution in [1.82, 2.24) is 0 Å². The Morgan fingerprint density at radius 1 is 1.24 bits per heavy atom. The number of hydrogen-bond acceptors (Lipinski definition) is 3. The zero-order chi connectivity index (χ0) is 12.3. The molecule has 0 atom stereocenters. The fraction of sp³-hybridized carbons (Fsp3) is 0. The molecule has 86 valence electrons.